The number of ether oxygens (including phenoxy) is 2. The third-order valence-corrected chi connectivity index (χ3v) is 7.51. The van der Waals surface area contributed by atoms with Crippen molar-refractivity contribution in [2.45, 2.75) is 51.7 Å². The molecule has 1 saturated carbocycles. The number of aromatic nitrogens is 2. The lowest BCUT2D eigenvalue weighted by molar-refractivity contribution is -0.122. The van der Waals surface area contributed by atoms with E-state index in [2.05, 4.69) is 20.2 Å². The van der Waals surface area contributed by atoms with Gasteiger partial charge in [-0.1, -0.05) is 6.42 Å². The van der Waals surface area contributed by atoms with Crippen LogP contribution in [0.5, 0.6) is 5.75 Å². The summed E-state index contributed by atoms with van der Waals surface area (Å²) in [6.45, 7) is 3.42. The van der Waals surface area contributed by atoms with Crippen molar-refractivity contribution >= 4 is 11.7 Å². The molecule has 192 valence electrons. The Morgan fingerprint density at radius 3 is 2.64 bits per heavy atom. The number of carbonyl (C=O) groups excluding carboxylic acids is 2. The molecule has 0 spiro atoms. The van der Waals surface area contributed by atoms with Crippen LogP contribution in [-0.2, 0) is 29.1 Å². The van der Waals surface area contributed by atoms with E-state index < -0.39 is 0 Å². The molecule has 0 bridgehead atoms. The predicted molar refractivity (Wildman–Crippen MR) is 133 cm³/mol. The van der Waals surface area contributed by atoms with Crippen molar-refractivity contribution in [2.24, 2.45) is 11.8 Å². The molecule has 9 heteroatoms. The fourth-order valence-corrected chi connectivity index (χ4v) is 5.00. The number of rotatable bonds is 9. The van der Waals surface area contributed by atoms with E-state index in [-0.39, 0.29) is 42.9 Å². The van der Waals surface area contributed by atoms with Gasteiger partial charge < -0.3 is 19.8 Å². The van der Waals surface area contributed by atoms with Gasteiger partial charge in [0, 0.05) is 17.9 Å². The molecule has 0 radical (unpaired) electrons. The second kappa shape index (κ2) is 11.3. The number of carbonyl (C=O) groups is 2. The van der Waals surface area contributed by atoms with Crippen LogP contribution in [0.2, 0.25) is 0 Å². The monoisotopic (exact) mass is 494 g/mol. The SMILES string of the molecule is O=C(CN1CCC(C(=O)c2ccc(OCC3CCC3)cc2)CC1)NCc1nc2c(c(=O)[nH]1)COCC2. The average molecular weight is 495 g/mol. The normalized spacial score (nSPS) is 18.8. The summed E-state index contributed by atoms with van der Waals surface area (Å²) < 4.78 is 11.1. The highest BCUT2D eigenvalue weighted by Gasteiger charge is 2.27. The Balaban J connectivity index is 1.04. The molecule has 1 saturated heterocycles. The molecule has 1 amide bonds. The molecule has 5 rings (SSSR count). The number of amides is 1. The third-order valence-electron chi connectivity index (χ3n) is 7.51. The van der Waals surface area contributed by atoms with Crippen molar-refractivity contribution in [2.75, 3.05) is 32.8 Å². The van der Waals surface area contributed by atoms with E-state index in [1.165, 1.54) is 19.3 Å². The van der Waals surface area contributed by atoms with Gasteiger partial charge >= 0.3 is 0 Å². The minimum Gasteiger partial charge on any atom is -0.493 e. The maximum Gasteiger partial charge on any atom is 0.256 e. The van der Waals surface area contributed by atoms with Gasteiger partial charge in [0.2, 0.25) is 5.91 Å². The summed E-state index contributed by atoms with van der Waals surface area (Å²) >= 11 is 0. The highest BCUT2D eigenvalue weighted by atomic mass is 16.5. The first-order valence-electron chi connectivity index (χ1n) is 13.0. The molecular weight excluding hydrogens is 460 g/mol. The standard InChI is InChI=1S/C27H34N4O5/c32-25(28-14-24-29-23-10-13-35-17-22(23)27(34)30-24)15-31-11-8-20(9-12-31)26(33)19-4-6-21(7-5-19)36-16-18-2-1-3-18/h4-7,18,20H,1-3,8-17H2,(H,28,32)(H,29,30,34). The number of hydrogen-bond acceptors (Lipinski definition) is 7. The van der Waals surface area contributed by atoms with E-state index in [1.807, 2.05) is 24.3 Å². The van der Waals surface area contributed by atoms with Crippen LogP contribution in [0.1, 0.15) is 59.5 Å². The number of piperidine rings is 1. The molecule has 2 aromatic rings. The molecule has 1 aromatic heterocycles. The van der Waals surface area contributed by atoms with Crippen molar-refractivity contribution in [3.8, 4) is 5.75 Å². The summed E-state index contributed by atoms with van der Waals surface area (Å²) in [4.78, 5) is 46.9. The predicted octanol–water partition coefficient (Wildman–Crippen LogP) is 2.23. The van der Waals surface area contributed by atoms with E-state index in [9.17, 15) is 14.4 Å². The number of likely N-dealkylation sites (tertiary alicyclic amines) is 1. The topological polar surface area (TPSA) is 114 Å². The molecule has 3 heterocycles. The molecule has 0 atom stereocenters. The van der Waals surface area contributed by atoms with Crippen molar-refractivity contribution in [1.82, 2.24) is 20.2 Å². The van der Waals surface area contributed by atoms with Gasteiger partial charge in [-0.3, -0.25) is 19.3 Å². The highest BCUT2D eigenvalue weighted by molar-refractivity contribution is 5.98. The number of H-pyrrole nitrogens is 1. The van der Waals surface area contributed by atoms with Crippen LogP contribution in [0.15, 0.2) is 29.1 Å². The first-order valence-corrected chi connectivity index (χ1v) is 13.0. The summed E-state index contributed by atoms with van der Waals surface area (Å²) in [7, 11) is 0. The van der Waals surface area contributed by atoms with Gasteiger partial charge in [-0.2, -0.15) is 0 Å². The van der Waals surface area contributed by atoms with Gasteiger partial charge in [-0.05, 0) is 69.0 Å². The lowest BCUT2D eigenvalue weighted by Crippen LogP contribution is -2.42. The maximum absolute atomic E-state index is 13.0. The lowest BCUT2D eigenvalue weighted by Gasteiger charge is -2.30. The fourth-order valence-electron chi connectivity index (χ4n) is 5.00. The Bertz CT molecular complexity index is 1130. The van der Waals surface area contributed by atoms with Crippen molar-refractivity contribution < 1.29 is 19.1 Å². The Hall–Kier alpha value is -3.04. The third kappa shape index (κ3) is 6.02. The number of aromatic amines is 1. The summed E-state index contributed by atoms with van der Waals surface area (Å²) in [5, 5.41) is 2.85. The number of nitrogens with zero attached hydrogens (tertiary/aromatic N) is 2. The van der Waals surface area contributed by atoms with Gasteiger partial charge in [-0.15, -0.1) is 0 Å². The van der Waals surface area contributed by atoms with Gasteiger partial charge in [0.25, 0.3) is 5.56 Å². The van der Waals surface area contributed by atoms with Crippen molar-refractivity contribution in [3.63, 3.8) is 0 Å². The van der Waals surface area contributed by atoms with E-state index in [0.29, 0.717) is 43.4 Å². The second-order valence-corrected chi connectivity index (χ2v) is 10.1. The van der Waals surface area contributed by atoms with E-state index in [4.69, 9.17) is 9.47 Å². The zero-order valence-corrected chi connectivity index (χ0v) is 20.6. The number of nitrogens with one attached hydrogen (secondary N) is 2. The molecule has 3 aliphatic rings. The first-order chi connectivity index (χ1) is 17.5. The molecule has 9 nitrogen and oxygen atoms in total. The summed E-state index contributed by atoms with van der Waals surface area (Å²) in [5.41, 5.74) is 1.84. The quantitative estimate of drug-likeness (QED) is 0.514. The van der Waals surface area contributed by atoms with Crippen LogP contribution < -0.4 is 15.6 Å². The average Bonchev–Trinajstić information content (AvgIpc) is 2.87. The Labute approximate surface area is 210 Å². The minimum atomic E-state index is -0.202. The Morgan fingerprint density at radius 1 is 1.14 bits per heavy atom. The Kier molecular flexibility index (Phi) is 7.77. The molecule has 2 fully saturated rings. The van der Waals surface area contributed by atoms with E-state index in [0.717, 1.165) is 36.5 Å². The number of ketones is 1. The van der Waals surface area contributed by atoms with Crippen LogP contribution in [0.3, 0.4) is 0 Å². The zero-order valence-electron chi connectivity index (χ0n) is 20.6. The number of benzene rings is 1. The molecule has 2 N–H and O–H groups in total. The molecule has 1 aliphatic carbocycles. The summed E-state index contributed by atoms with van der Waals surface area (Å²) in [6.07, 6.45) is 5.86. The van der Waals surface area contributed by atoms with Gasteiger partial charge in [0.15, 0.2) is 5.78 Å². The number of Topliss-reactive ketones (excluding diaryl/α,β-unsaturated/α-hetero) is 1. The summed E-state index contributed by atoms with van der Waals surface area (Å²) in [5.74, 6) is 1.97. The van der Waals surface area contributed by atoms with Crippen LogP contribution in [0, 0.1) is 11.8 Å². The van der Waals surface area contributed by atoms with E-state index in [1.54, 1.807) is 0 Å². The molecule has 1 aromatic carbocycles. The van der Waals surface area contributed by atoms with Gasteiger partial charge in [-0.25, -0.2) is 4.98 Å². The smallest absolute Gasteiger partial charge is 0.256 e. The highest BCUT2D eigenvalue weighted by Crippen LogP contribution is 2.28. The van der Waals surface area contributed by atoms with Crippen molar-refractivity contribution in [1.29, 1.82) is 0 Å². The minimum absolute atomic E-state index is 0.0280. The maximum atomic E-state index is 13.0. The van der Waals surface area contributed by atoms with Gasteiger partial charge in [0.1, 0.15) is 11.6 Å². The lowest BCUT2D eigenvalue weighted by atomic mass is 9.86. The molecular formula is C27H34N4O5. The van der Waals surface area contributed by atoms with Crippen LogP contribution in [0.4, 0.5) is 0 Å². The zero-order chi connectivity index (χ0) is 24.9. The number of fused-ring (bicyclic) bond motifs is 1. The van der Waals surface area contributed by atoms with E-state index >= 15 is 0 Å². The number of hydrogen-bond donors (Lipinski definition) is 2. The molecule has 36 heavy (non-hydrogen) atoms. The van der Waals surface area contributed by atoms with Crippen LogP contribution in [-0.4, -0.2) is 59.4 Å². The van der Waals surface area contributed by atoms with Crippen LogP contribution in [0.25, 0.3) is 0 Å². The molecule has 2 aliphatic heterocycles. The first kappa shape index (κ1) is 24.6. The Morgan fingerprint density at radius 2 is 1.92 bits per heavy atom. The summed E-state index contributed by atoms with van der Waals surface area (Å²) in [6, 6.07) is 7.52. The largest absolute Gasteiger partial charge is 0.493 e. The second-order valence-electron chi connectivity index (χ2n) is 10.1. The van der Waals surface area contributed by atoms with Gasteiger partial charge in [0.05, 0.1) is 44.2 Å². The van der Waals surface area contributed by atoms with Crippen molar-refractivity contribution in [3.05, 3.63) is 57.3 Å². The molecule has 0 unspecified atom stereocenters. The van der Waals surface area contributed by atoms with Crippen LogP contribution >= 0.6 is 0 Å². The fraction of sp³-hybridized carbons (Fsp3) is 0.556.